The summed E-state index contributed by atoms with van der Waals surface area (Å²) in [6, 6.07) is 0. The highest BCUT2D eigenvalue weighted by atomic mass is 14.9. The number of aliphatic imine (C=N–C) groups is 1. The lowest BCUT2D eigenvalue weighted by Crippen LogP contribution is -2.29. The first-order valence-corrected chi connectivity index (χ1v) is 4.21. The first-order valence-electron chi connectivity index (χ1n) is 4.21. The molecule has 0 radical (unpaired) electrons. The number of rotatable bonds is 1. The number of hydrogen-bond acceptors (Lipinski definition) is 3. The van der Waals surface area contributed by atoms with Gasteiger partial charge in [-0.05, 0) is 11.9 Å². The lowest BCUT2D eigenvalue weighted by Gasteiger charge is -1.93. The van der Waals surface area contributed by atoms with Gasteiger partial charge in [0.2, 0.25) is 0 Å². The van der Waals surface area contributed by atoms with Crippen molar-refractivity contribution in [3.63, 3.8) is 0 Å². The first-order chi connectivity index (χ1) is 6.40. The van der Waals surface area contributed by atoms with Gasteiger partial charge < -0.3 is 0 Å². The molecule has 13 heavy (non-hydrogen) atoms. The average Bonchev–Trinajstić information content (AvgIpc) is 2.41. The molecule has 0 unspecified atom stereocenters. The van der Waals surface area contributed by atoms with Crippen LogP contribution in [-0.2, 0) is 6.42 Å². The quantitative estimate of drug-likeness (QED) is 0.586. The zero-order valence-electron chi connectivity index (χ0n) is 7.36. The Hall–Kier alpha value is -1.73. The van der Waals surface area contributed by atoms with E-state index >= 15 is 0 Å². The Morgan fingerprint density at radius 1 is 1.46 bits per heavy atom. The molecule has 0 fully saturated rings. The van der Waals surface area contributed by atoms with Crippen LogP contribution in [0, 0.1) is 0 Å². The monoisotopic (exact) mass is 171 g/mol. The summed E-state index contributed by atoms with van der Waals surface area (Å²) >= 11 is 0. The van der Waals surface area contributed by atoms with E-state index in [0.717, 1.165) is 22.8 Å². The molecule has 2 heterocycles. The van der Waals surface area contributed by atoms with Crippen LogP contribution >= 0.6 is 0 Å². The van der Waals surface area contributed by atoms with Crippen LogP contribution in [0.2, 0.25) is 0 Å². The molecule has 3 nitrogen and oxygen atoms in total. The maximum atomic E-state index is 4.34. The number of allylic oxidation sites excluding steroid dienone is 1. The van der Waals surface area contributed by atoms with Crippen LogP contribution in [0.5, 0.6) is 0 Å². The van der Waals surface area contributed by atoms with Crippen LogP contribution < -0.4 is 10.6 Å². The molecule has 0 saturated carbocycles. The van der Waals surface area contributed by atoms with Crippen molar-refractivity contribution in [1.82, 2.24) is 9.97 Å². The molecule has 3 heteroatoms. The molecule has 64 valence electrons. The summed E-state index contributed by atoms with van der Waals surface area (Å²) in [4.78, 5) is 12.5. The summed E-state index contributed by atoms with van der Waals surface area (Å²) in [6.07, 6.45) is 8.03. The lowest BCUT2D eigenvalue weighted by atomic mass is 10.3. The van der Waals surface area contributed by atoms with E-state index in [2.05, 4.69) is 20.8 Å². The van der Waals surface area contributed by atoms with Crippen molar-refractivity contribution < 1.29 is 0 Å². The summed E-state index contributed by atoms with van der Waals surface area (Å²) in [6.45, 7) is 2.03. The van der Waals surface area contributed by atoms with Crippen molar-refractivity contribution in [2.24, 2.45) is 4.99 Å². The summed E-state index contributed by atoms with van der Waals surface area (Å²) in [7, 11) is 0. The highest BCUT2D eigenvalue weighted by Gasteiger charge is 1.93. The van der Waals surface area contributed by atoms with Gasteiger partial charge in [-0.2, -0.15) is 0 Å². The SMILES string of the molecule is CCc1ncc2c(n1)=CN=C=CC=2. The van der Waals surface area contributed by atoms with Crippen LogP contribution in [0.15, 0.2) is 17.3 Å². The van der Waals surface area contributed by atoms with E-state index < -0.39 is 0 Å². The Labute approximate surface area is 75.9 Å². The lowest BCUT2D eigenvalue weighted by molar-refractivity contribution is 0.913. The van der Waals surface area contributed by atoms with Crippen molar-refractivity contribution in [2.75, 3.05) is 0 Å². The van der Waals surface area contributed by atoms with E-state index in [4.69, 9.17) is 0 Å². The Bertz CT molecular complexity index is 493. The average molecular weight is 171 g/mol. The fourth-order valence-electron chi connectivity index (χ4n) is 1.11. The third-order valence-corrected chi connectivity index (χ3v) is 1.81. The molecule has 0 aliphatic carbocycles. The van der Waals surface area contributed by atoms with E-state index in [1.165, 1.54) is 0 Å². The largest absolute Gasteiger partial charge is 0.241 e. The maximum Gasteiger partial charge on any atom is 0.128 e. The standard InChI is InChI=1S/C10H9N3/c1-2-10-12-6-8-4-3-5-11-7-9(8)13-10/h3-4,6-7H,2H2,1H3. The third kappa shape index (κ3) is 1.55. The molecule has 0 N–H and O–H groups in total. The van der Waals surface area contributed by atoms with E-state index in [9.17, 15) is 0 Å². The van der Waals surface area contributed by atoms with Gasteiger partial charge in [-0.15, -0.1) is 0 Å². The maximum absolute atomic E-state index is 4.34. The number of nitrogens with zero attached hydrogens (tertiary/aromatic N) is 3. The number of aryl methyl sites for hydroxylation is 1. The zero-order chi connectivity index (χ0) is 9.10. The minimum absolute atomic E-state index is 0.845. The van der Waals surface area contributed by atoms with Gasteiger partial charge in [0.1, 0.15) is 5.82 Å². The van der Waals surface area contributed by atoms with Gasteiger partial charge >= 0.3 is 0 Å². The molecule has 2 rings (SSSR count). The van der Waals surface area contributed by atoms with E-state index in [1.807, 2.05) is 19.2 Å². The second-order valence-electron chi connectivity index (χ2n) is 2.70. The van der Waals surface area contributed by atoms with Crippen LogP contribution in [0.1, 0.15) is 12.7 Å². The van der Waals surface area contributed by atoms with Gasteiger partial charge in [-0.25, -0.2) is 15.0 Å². The predicted molar refractivity (Wildman–Crippen MR) is 51.6 cm³/mol. The Morgan fingerprint density at radius 2 is 2.38 bits per heavy atom. The van der Waals surface area contributed by atoms with E-state index in [-0.39, 0.29) is 0 Å². The molecule has 1 aliphatic rings. The molecular weight excluding hydrogens is 162 g/mol. The van der Waals surface area contributed by atoms with Gasteiger partial charge in [0.25, 0.3) is 0 Å². The van der Waals surface area contributed by atoms with Crippen molar-refractivity contribution in [3.8, 4) is 0 Å². The summed E-state index contributed by atoms with van der Waals surface area (Å²) in [5.41, 5.74) is 0. The predicted octanol–water partition coefficient (Wildman–Crippen LogP) is -0.203. The number of hydrogen-bond donors (Lipinski definition) is 0. The first kappa shape index (κ1) is 7.90. The third-order valence-electron chi connectivity index (χ3n) is 1.81. The normalized spacial score (nSPS) is 12.7. The van der Waals surface area contributed by atoms with E-state index in [0.29, 0.717) is 0 Å². The summed E-state index contributed by atoms with van der Waals surface area (Å²) in [5, 5.41) is 1.86. The van der Waals surface area contributed by atoms with Crippen LogP contribution in [0.25, 0.3) is 12.3 Å². The number of aromatic nitrogens is 2. The van der Waals surface area contributed by atoms with Gasteiger partial charge in [-0.3, -0.25) is 0 Å². The molecule has 0 aromatic carbocycles. The smallest absolute Gasteiger partial charge is 0.128 e. The Kier molecular flexibility index (Phi) is 2.02. The molecule has 0 atom stereocenters. The Morgan fingerprint density at radius 3 is 3.23 bits per heavy atom. The van der Waals surface area contributed by atoms with Crippen molar-refractivity contribution in [1.29, 1.82) is 0 Å². The molecule has 0 amide bonds. The van der Waals surface area contributed by atoms with Gasteiger partial charge in [-0.1, -0.05) is 6.92 Å². The minimum Gasteiger partial charge on any atom is -0.241 e. The molecule has 0 bridgehead atoms. The van der Waals surface area contributed by atoms with Crippen LogP contribution in [-0.4, -0.2) is 15.8 Å². The summed E-state index contributed by atoms with van der Waals surface area (Å²) < 4.78 is 0. The molecule has 0 saturated heterocycles. The number of fused-ring (bicyclic) bond motifs is 1. The topological polar surface area (TPSA) is 38.1 Å². The molecule has 1 aromatic heterocycles. The van der Waals surface area contributed by atoms with Gasteiger partial charge in [0, 0.05) is 23.9 Å². The summed E-state index contributed by atoms with van der Waals surface area (Å²) in [5.74, 6) is 3.60. The second kappa shape index (κ2) is 3.33. The fourth-order valence-corrected chi connectivity index (χ4v) is 1.11. The Balaban J connectivity index is 2.73. The highest BCUT2D eigenvalue weighted by molar-refractivity contribution is 5.66. The van der Waals surface area contributed by atoms with Crippen LogP contribution in [0.3, 0.4) is 0 Å². The zero-order valence-corrected chi connectivity index (χ0v) is 7.36. The van der Waals surface area contributed by atoms with Crippen LogP contribution in [0.4, 0.5) is 0 Å². The van der Waals surface area contributed by atoms with Gasteiger partial charge in [0.15, 0.2) is 0 Å². The van der Waals surface area contributed by atoms with E-state index in [1.54, 1.807) is 12.3 Å². The van der Waals surface area contributed by atoms with Crippen molar-refractivity contribution in [3.05, 3.63) is 28.7 Å². The highest BCUT2D eigenvalue weighted by Crippen LogP contribution is 1.82. The molecule has 1 aliphatic heterocycles. The molecule has 0 spiro atoms. The van der Waals surface area contributed by atoms with Crippen molar-refractivity contribution in [2.45, 2.75) is 13.3 Å². The minimum atomic E-state index is 0.845. The van der Waals surface area contributed by atoms with Gasteiger partial charge in [0.05, 0.1) is 11.5 Å². The second-order valence-corrected chi connectivity index (χ2v) is 2.70. The molecular formula is C10H9N3. The fraction of sp³-hybridized carbons (Fsp3) is 0.200. The van der Waals surface area contributed by atoms with Crippen molar-refractivity contribution >= 4 is 18.1 Å². The molecule has 1 aromatic rings.